The first kappa shape index (κ1) is 14.7. The number of benzene rings is 1. The summed E-state index contributed by atoms with van der Waals surface area (Å²) in [7, 11) is -3.76. The monoisotopic (exact) mass is 322 g/mol. The second-order valence-electron chi connectivity index (χ2n) is 5.35. The molecule has 4 nitrogen and oxygen atoms in total. The van der Waals surface area contributed by atoms with Gasteiger partial charge in [0.05, 0.1) is 6.04 Å². The molecule has 0 saturated heterocycles. The Balaban J connectivity index is 2.00. The second-order valence-corrected chi connectivity index (χ2v) is 7.65. The van der Waals surface area contributed by atoms with E-state index < -0.39 is 16.3 Å². The van der Waals surface area contributed by atoms with Crippen LogP contribution in [-0.4, -0.2) is 8.42 Å². The van der Waals surface area contributed by atoms with Crippen molar-refractivity contribution in [2.45, 2.75) is 31.7 Å². The molecule has 1 aliphatic rings. The van der Waals surface area contributed by atoms with Gasteiger partial charge < -0.3 is 0 Å². The molecule has 21 heavy (non-hydrogen) atoms. The second kappa shape index (κ2) is 5.88. The Morgan fingerprint density at radius 1 is 1.14 bits per heavy atom. The van der Waals surface area contributed by atoms with Gasteiger partial charge >= 0.3 is 0 Å². The van der Waals surface area contributed by atoms with Crippen LogP contribution in [0.3, 0.4) is 0 Å². The first-order chi connectivity index (χ1) is 10.0. The zero-order valence-electron chi connectivity index (χ0n) is 11.6. The van der Waals surface area contributed by atoms with Gasteiger partial charge in [0.15, 0.2) is 0 Å². The molecule has 2 aromatic rings. The molecule has 1 aliphatic carbocycles. The van der Waals surface area contributed by atoms with E-state index in [9.17, 15) is 8.42 Å². The number of aryl methyl sites for hydroxylation is 2. The van der Waals surface area contributed by atoms with E-state index in [1.54, 1.807) is 0 Å². The first-order valence-electron chi connectivity index (χ1n) is 6.98. The summed E-state index contributed by atoms with van der Waals surface area (Å²) >= 11 is 1.52. The number of fused-ring (bicyclic) bond motifs is 1. The van der Waals surface area contributed by atoms with E-state index in [4.69, 9.17) is 5.14 Å². The molecular formula is C15H18N2O2S2. The fourth-order valence-electron chi connectivity index (χ4n) is 2.84. The summed E-state index contributed by atoms with van der Waals surface area (Å²) in [4.78, 5) is 0.944. The lowest BCUT2D eigenvalue weighted by molar-refractivity contribution is 0.574. The van der Waals surface area contributed by atoms with Crippen LogP contribution in [0.1, 0.15) is 40.5 Å². The Kier molecular flexibility index (Phi) is 4.12. The zero-order chi connectivity index (χ0) is 14.9. The highest BCUT2D eigenvalue weighted by Gasteiger charge is 2.21. The Morgan fingerprint density at radius 2 is 1.90 bits per heavy atom. The molecule has 6 heteroatoms. The fraction of sp³-hybridized carbons (Fsp3) is 0.333. The van der Waals surface area contributed by atoms with Crippen LogP contribution < -0.4 is 9.86 Å². The van der Waals surface area contributed by atoms with Crippen molar-refractivity contribution in [3.05, 3.63) is 57.3 Å². The lowest BCUT2D eigenvalue weighted by atomic mass is 9.89. The Labute approximate surface area is 129 Å². The maximum absolute atomic E-state index is 11.5. The van der Waals surface area contributed by atoms with Gasteiger partial charge in [-0.25, -0.2) is 5.14 Å². The minimum absolute atomic E-state index is 0.410. The molecule has 0 bridgehead atoms. The minimum Gasteiger partial charge on any atom is -0.216 e. The topological polar surface area (TPSA) is 72.2 Å². The lowest BCUT2D eigenvalue weighted by Gasteiger charge is -2.21. The fourth-order valence-corrected chi connectivity index (χ4v) is 4.31. The van der Waals surface area contributed by atoms with Gasteiger partial charge in [-0.15, -0.1) is 11.3 Å². The zero-order valence-corrected chi connectivity index (χ0v) is 13.2. The number of hydrogen-bond acceptors (Lipinski definition) is 3. The Hall–Kier alpha value is -1.21. The van der Waals surface area contributed by atoms with Crippen molar-refractivity contribution >= 4 is 21.5 Å². The van der Waals surface area contributed by atoms with Gasteiger partial charge in [0, 0.05) is 4.88 Å². The van der Waals surface area contributed by atoms with Gasteiger partial charge in [0.2, 0.25) is 0 Å². The van der Waals surface area contributed by atoms with Crippen LogP contribution in [-0.2, 0) is 23.1 Å². The summed E-state index contributed by atoms with van der Waals surface area (Å²) < 4.78 is 25.5. The van der Waals surface area contributed by atoms with E-state index in [2.05, 4.69) is 16.9 Å². The highest BCUT2D eigenvalue weighted by molar-refractivity contribution is 7.87. The third-order valence-electron chi connectivity index (χ3n) is 3.82. The largest absolute Gasteiger partial charge is 0.275 e. The molecule has 0 spiro atoms. The van der Waals surface area contributed by atoms with E-state index >= 15 is 0 Å². The molecule has 0 saturated carbocycles. The summed E-state index contributed by atoms with van der Waals surface area (Å²) in [6.07, 6.45) is 4.61. The molecule has 0 radical (unpaired) electrons. The number of rotatable bonds is 4. The van der Waals surface area contributed by atoms with Gasteiger partial charge in [0.25, 0.3) is 10.2 Å². The molecule has 0 fully saturated rings. The average Bonchev–Trinajstić information content (AvgIpc) is 2.97. The van der Waals surface area contributed by atoms with E-state index in [-0.39, 0.29) is 0 Å². The average molecular weight is 322 g/mol. The van der Waals surface area contributed by atoms with Gasteiger partial charge in [0.1, 0.15) is 0 Å². The highest BCUT2D eigenvalue weighted by Crippen LogP contribution is 2.30. The highest BCUT2D eigenvalue weighted by atomic mass is 32.2. The summed E-state index contributed by atoms with van der Waals surface area (Å²) in [6.45, 7) is 0. The van der Waals surface area contributed by atoms with Crippen LogP contribution in [0, 0.1) is 0 Å². The van der Waals surface area contributed by atoms with Gasteiger partial charge in [-0.2, -0.15) is 13.1 Å². The van der Waals surface area contributed by atoms with Crippen molar-refractivity contribution in [1.29, 1.82) is 0 Å². The normalized spacial score (nSPS) is 16.4. The molecular weight excluding hydrogens is 304 g/mol. The lowest BCUT2D eigenvalue weighted by Crippen LogP contribution is -2.34. The molecule has 0 amide bonds. The van der Waals surface area contributed by atoms with Crippen LogP contribution in [0.25, 0.3) is 0 Å². The van der Waals surface area contributed by atoms with Crippen molar-refractivity contribution in [1.82, 2.24) is 4.72 Å². The molecule has 1 aromatic carbocycles. The summed E-state index contributed by atoms with van der Waals surface area (Å²) in [6, 6.07) is 9.68. The van der Waals surface area contributed by atoms with Crippen LogP contribution in [0.15, 0.2) is 35.7 Å². The van der Waals surface area contributed by atoms with Crippen molar-refractivity contribution < 1.29 is 8.42 Å². The van der Waals surface area contributed by atoms with E-state index in [1.165, 1.54) is 35.3 Å². The Bertz CT molecular complexity index is 724. The maximum atomic E-state index is 11.5. The minimum atomic E-state index is -3.76. The van der Waals surface area contributed by atoms with Crippen LogP contribution in [0.4, 0.5) is 0 Å². The number of thiophene rings is 1. The van der Waals surface area contributed by atoms with Crippen LogP contribution >= 0.6 is 11.3 Å². The Morgan fingerprint density at radius 3 is 2.57 bits per heavy atom. The summed E-state index contributed by atoms with van der Waals surface area (Å²) in [5, 5.41) is 7.12. The molecule has 3 rings (SSSR count). The quantitative estimate of drug-likeness (QED) is 0.908. The standard InChI is InChI=1S/C15H18N2O2S2/c16-21(18,19)17-15(14-6-3-9-20-14)13-8-7-11-4-1-2-5-12(11)10-13/h3,6-10,15,17H,1-2,4-5H2,(H2,16,18,19)/t15-/m0/s1. The van der Waals surface area contributed by atoms with Gasteiger partial charge in [-0.1, -0.05) is 24.3 Å². The molecule has 1 aromatic heterocycles. The van der Waals surface area contributed by atoms with Gasteiger partial charge in [-0.3, -0.25) is 0 Å². The number of hydrogen-bond donors (Lipinski definition) is 2. The van der Waals surface area contributed by atoms with Crippen molar-refractivity contribution in [2.24, 2.45) is 5.14 Å². The third kappa shape index (κ3) is 3.52. The third-order valence-corrected chi connectivity index (χ3v) is 5.32. The van der Waals surface area contributed by atoms with E-state index in [0.717, 1.165) is 23.3 Å². The summed E-state index contributed by atoms with van der Waals surface area (Å²) in [5.74, 6) is 0. The SMILES string of the molecule is NS(=O)(=O)N[C@@H](c1ccc2c(c1)CCCC2)c1cccs1. The first-order valence-corrected chi connectivity index (χ1v) is 9.41. The molecule has 112 valence electrons. The van der Waals surface area contributed by atoms with Crippen LogP contribution in [0.5, 0.6) is 0 Å². The van der Waals surface area contributed by atoms with E-state index in [1.807, 2.05) is 23.6 Å². The molecule has 3 N–H and O–H groups in total. The van der Waals surface area contributed by atoms with Crippen LogP contribution in [0.2, 0.25) is 0 Å². The molecule has 1 heterocycles. The van der Waals surface area contributed by atoms with Crippen molar-refractivity contribution in [3.63, 3.8) is 0 Å². The molecule has 1 atom stereocenters. The number of nitrogens with two attached hydrogens (primary N) is 1. The predicted molar refractivity (Wildman–Crippen MR) is 85.5 cm³/mol. The van der Waals surface area contributed by atoms with E-state index in [0.29, 0.717) is 0 Å². The van der Waals surface area contributed by atoms with Gasteiger partial charge in [-0.05, 0) is 53.8 Å². The summed E-state index contributed by atoms with van der Waals surface area (Å²) in [5.41, 5.74) is 3.66. The maximum Gasteiger partial charge on any atom is 0.275 e. The predicted octanol–water partition coefficient (Wildman–Crippen LogP) is 2.51. The molecule has 0 unspecified atom stereocenters. The number of nitrogens with one attached hydrogen (secondary N) is 1. The van der Waals surface area contributed by atoms with Crippen molar-refractivity contribution in [3.8, 4) is 0 Å². The van der Waals surface area contributed by atoms with Crippen molar-refractivity contribution in [2.75, 3.05) is 0 Å². The molecule has 0 aliphatic heterocycles. The smallest absolute Gasteiger partial charge is 0.216 e.